The summed E-state index contributed by atoms with van der Waals surface area (Å²) in [5.41, 5.74) is 5.49. The monoisotopic (exact) mass is 190 g/mol. The Morgan fingerprint density at radius 2 is 2.33 bits per heavy atom. The summed E-state index contributed by atoms with van der Waals surface area (Å²) in [4.78, 5) is 0. The number of nitrogens with one attached hydrogen (secondary N) is 1. The zero-order valence-corrected chi connectivity index (χ0v) is 7.73. The molecule has 0 aromatic rings. The van der Waals surface area contributed by atoms with Gasteiger partial charge in [-0.25, -0.2) is 8.42 Å². The minimum atomic E-state index is -2.80. The van der Waals surface area contributed by atoms with Crippen LogP contribution in [0.2, 0.25) is 0 Å². The molecule has 0 unspecified atom stereocenters. The lowest BCUT2D eigenvalue weighted by molar-refractivity contribution is 0.314. The Morgan fingerprint density at radius 3 is 2.92 bits per heavy atom. The van der Waals surface area contributed by atoms with Gasteiger partial charge in [-0.15, -0.1) is 0 Å². The van der Waals surface area contributed by atoms with Gasteiger partial charge in [-0.05, 0) is 12.5 Å². The maximum atomic E-state index is 11.3. The number of rotatable bonds is 1. The fourth-order valence-corrected chi connectivity index (χ4v) is 4.90. The Morgan fingerprint density at radius 1 is 1.58 bits per heavy atom. The van der Waals surface area contributed by atoms with Gasteiger partial charge in [0.2, 0.25) is 0 Å². The summed E-state index contributed by atoms with van der Waals surface area (Å²) in [5.74, 6) is 0.873. The van der Waals surface area contributed by atoms with Crippen molar-refractivity contribution in [3.05, 3.63) is 0 Å². The first kappa shape index (κ1) is 8.47. The van der Waals surface area contributed by atoms with Gasteiger partial charge in [0.05, 0.1) is 11.5 Å². The Bertz CT molecular complexity index is 288. The van der Waals surface area contributed by atoms with Gasteiger partial charge in [0.1, 0.15) is 0 Å². The van der Waals surface area contributed by atoms with E-state index in [1.165, 1.54) is 0 Å². The molecule has 2 fully saturated rings. The van der Waals surface area contributed by atoms with Gasteiger partial charge < -0.3 is 11.1 Å². The largest absolute Gasteiger partial charge is 0.330 e. The Labute approximate surface area is 72.4 Å². The van der Waals surface area contributed by atoms with E-state index >= 15 is 0 Å². The zero-order chi connectivity index (χ0) is 8.82. The maximum absolute atomic E-state index is 11.3. The van der Waals surface area contributed by atoms with Crippen molar-refractivity contribution >= 4 is 9.84 Å². The van der Waals surface area contributed by atoms with Gasteiger partial charge in [0.25, 0.3) is 0 Å². The van der Waals surface area contributed by atoms with Crippen molar-refractivity contribution in [2.24, 2.45) is 17.1 Å². The van der Waals surface area contributed by atoms with Gasteiger partial charge >= 0.3 is 0 Å². The van der Waals surface area contributed by atoms with Crippen molar-refractivity contribution in [1.29, 1.82) is 0 Å². The maximum Gasteiger partial charge on any atom is 0.151 e. The molecule has 0 aromatic heterocycles. The van der Waals surface area contributed by atoms with Crippen molar-refractivity contribution in [3.8, 4) is 0 Å². The van der Waals surface area contributed by atoms with Crippen LogP contribution in [-0.4, -0.2) is 39.6 Å². The molecule has 5 heteroatoms. The third-order valence-electron chi connectivity index (χ3n) is 3.10. The summed E-state index contributed by atoms with van der Waals surface area (Å²) in [6.45, 7) is 2.08. The average Bonchev–Trinajstić information content (AvgIpc) is 2.40. The topological polar surface area (TPSA) is 72.2 Å². The first-order chi connectivity index (χ1) is 5.58. The molecule has 0 bridgehead atoms. The summed E-state index contributed by atoms with van der Waals surface area (Å²) in [6, 6.07) is 0. The predicted octanol–water partition coefficient (Wildman–Crippen LogP) is -1.42. The summed E-state index contributed by atoms with van der Waals surface area (Å²) in [7, 11) is -2.80. The van der Waals surface area contributed by atoms with Crippen LogP contribution >= 0.6 is 0 Å². The molecule has 2 rings (SSSR count). The lowest BCUT2D eigenvalue weighted by Crippen LogP contribution is -2.38. The Kier molecular flexibility index (Phi) is 1.72. The number of fused-ring (bicyclic) bond motifs is 1. The van der Waals surface area contributed by atoms with Crippen molar-refractivity contribution in [1.82, 2.24) is 5.32 Å². The highest BCUT2D eigenvalue weighted by Crippen LogP contribution is 2.39. The second-order valence-electron chi connectivity index (χ2n) is 3.95. The quantitative estimate of drug-likeness (QED) is 0.532. The second-order valence-corrected chi connectivity index (χ2v) is 6.06. The zero-order valence-electron chi connectivity index (χ0n) is 6.91. The van der Waals surface area contributed by atoms with Crippen LogP contribution in [0.5, 0.6) is 0 Å². The fraction of sp³-hybridized carbons (Fsp3) is 1.00. The Hall–Kier alpha value is -0.130. The van der Waals surface area contributed by atoms with E-state index in [2.05, 4.69) is 5.32 Å². The molecule has 0 radical (unpaired) electrons. The van der Waals surface area contributed by atoms with Crippen molar-refractivity contribution in [2.75, 3.05) is 31.1 Å². The van der Waals surface area contributed by atoms with Crippen molar-refractivity contribution in [3.63, 3.8) is 0 Å². The van der Waals surface area contributed by atoms with Crippen LogP contribution in [0.3, 0.4) is 0 Å². The molecule has 2 aliphatic rings. The van der Waals surface area contributed by atoms with Gasteiger partial charge in [-0.1, -0.05) is 0 Å². The van der Waals surface area contributed by atoms with E-state index in [4.69, 9.17) is 5.73 Å². The third-order valence-corrected chi connectivity index (χ3v) is 5.03. The van der Waals surface area contributed by atoms with Crippen molar-refractivity contribution in [2.45, 2.75) is 0 Å². The van der Waals surface area contributed by atoms with E-state index in [0.29, 0.717) is 12.3 Å². The molecular formula is C7H14N2O2S. The molecule has 2 saturated heterocycles. The van der Waals surface area contributed by atoms with E-state index in [1.807, 2.05) is 0 Å². The van der Waals surface area contributed by atoms with Gasteiger partial charge in [-0.3, -0.25) is 0 Å². The molecule has 0 aliphatic carbocycles. The molecule has 0 spiro atoms. The van der Waals surface area contributed by atoms with Crippen LogP contribution in [0.15, 0.2) is 0 Å². The van der Waals surface area contributed by atoms with E-state index in [-0.39, 0.29) is 17.1 Å². The standard InChI is InChI=1S/C7H14N2O2S/c8-3-7-4-9-1-6(7)2-12(10,11)5-7/h6,9H,1-5,8H2/t6-,7+/m0/s1. The normalized spacial score (nSPS) is 44.6. The lowest BCUT2D eigenvalue weighted by Gasteiger charge is -2.23. The molecule has 0 saturated carbocycles. The third kappa shape index (κ3) is 1.08. The molecule has 0 amide bonds. The lowest BCUT2D eigenvalue weighted by atomic mass is 9.81. The molecule has 2 aliphatic heterocycles. The van der Waals surface area contributed by atoms with E-state index < -0.39 is 9.84 Å². The van der Waals surface area contributed by atoms with E-state index in [0.717, 1.165) is 13.1 Å². The first-order valence-corrected chi connectivity index (χ1v) is 6.01. The molecule has 2 atom stereocenters. The smallest absolute Gasteiger partial charge is 0.151 e. The second kappa shape index (κ2) is 2.43. The van der Waals surface area contributed by atoms with Crippen molar-refractivity contribution < 1.29 is 8.42 Å². The highest BCUT2D eigenvalue weighted by molar-refractivity contribution is 7.91. The van der Waals surface area contributed by atoms with Crippen LogP contribution in [0.4, 0.5) is 0 Å². The summed E-state index contributed by atoms with van der Waals surface area (Å²) < 4.78 is 22.6. The minimum absolute atomic E-state index is 0.140. The molecule has 4 nitrogen and oxygen atoms in total. The summed E-state index contributed by atoms with van der Waals surface area (Å²) in [6.07, 6.45) is 0. The van der Waals surface area contributed by atoms with Crippen LogP contribution in [-0.2, 0) is 9.84 Å². The molecule has 70 valence electrons. The highest BCUT2D eigenvalue weighted by Gasteiger charge is 2.51. The highest BCUT2D eigenvalue weighted by atomic mass is 32.2. The number of hydrogen-bond acceptors (Lipinski definition) is 4. The molecule has 3 N–H and O–H groups in total. The van der Waals surface area contributed by atoms with Crippen LogP contribution in [0.25, 0.3) is 0 Å². The fourth-order valence-electron chi connectivity index (χ4n) is 2.36. The summed E-state index contributed by atoms with van der Waals surface area (Å²) in [5, 5.41) is 3.21. The molecule has 0 aromatic carbocycles. The number of hydrogen-bond donors (Lipinski definition) is 2. The van der Waals surface area contributed by atoms with E-state index in [1.54, 1.807) is 0 Å². The van der Waals surface area contributed by atoms with Gasteiger partial charge in [0, 0.05) is 18.5 Å². The number of nitrogens with two attached hydrogens (primary N) is 1. The molecule has 12 heavy (non-hydrogen) atoms. The molecule has 2 heterocycles. The predicted molar refractivity (Wildman–Crippen MR) is 46.5 cm³/mol. The minimum Gasteiger partial charge on any atom is -0.330 e. The van der Waals surface area contributed by atoms with Crippen LogP contribution in [0, 0.1) is 11.3 Å². The SMILES string of the molecule is NC[C@]12CNC[C@H]1CS(=O)(=O)C2. The van der Waals surface area contributed by atoms with Gasteiger partial charge in [0.15, 0.2) is 9.84 Å². The first-order valence-electron chi connectivity index (χ1n) is 4.19. The number of sulfone groups is 1. The van der Waals surface area contributed by atoms with E-state index in [9.17, 15) is 8.42 Å². The molecular weight excluding hydrogens is 176 g/mol. The Balaban J connectivity index is 2.32. The average molecular weight is 190 g/mol. The summed E-state index contributed by atoms with van der Waals surface area (Å²) >= 11 is 0. The van der Waals surface area contributed by atoms with Crippen LogP contribution < -0.4 is 11.1 Å². The van der Waals surface area contributed by atoms with Crippen LogP contribution in [0.1, 0.15) is 0 Å². The van der Waals surface area contributed by atoms with Gasteiger partial charge in [-0.2, -0.15) is 0 Å².